The topological polar surface area (TPSA) is 26.3 Å². The molecule has 0 N–H and O–H groups in total. The molecule has 0 saturated carbocycles. The minimum absolute atomic E-state index is 0.126. The molecule has 2 nitrogen and oxygen atoms in total. The van der Waals surface area contributed by atoms with Gasteiger partial charge in [-0.2, -0.15) is 8.78 Å². The first kappa shape index (κ1) is 12.2. The highest BCUT2D eigenvalue weighted by molar-refractivity contribution is 5.65. The van der Waals surface area contributed by atoms with Gasteiger partial charge in [-0.15, -0.1) is 0 Å². The molecule has 0 aromatic rings. The van der Waals surface area contributed by atoms with Gasteiger partial charge in [0.1, 0.15) is 0 Å². The summed E-state index contributed by atoms with van der Waals surface area (Å²) < 4.78 is 53.3. The summed E-state index contributed by atoms with van der Waals surface area (Å²) in [5.41, 5.74) is 0. The van der Waals surface area contributed by atoms with Crippen molar-refractivity contribution >= 4 is 5.97 Å². The van der Waals surface area contributed by atoms with Gasteiger partial charge in [0.2, 0.25) is 0 Å². The molecule has 0 atom stereocenters. The molecule has 0 radical (unpaired) electrons. The van der Waals surface area contributed by atoms with Crippen LogP contribution in [0.1, 0.15) is 20.3 Å². The highest BCUT2D eigenvalue weighted by Crippen LogP contribution is 2.36. The van der Waals surface area contributed by atoms with E-state index in [1.54, 1.807) is 0 Å². The van der Waals surface area contributed by atoms with Crippen LogP contribution in [0.25, 0.3) is 0 Å². The van der Waals surface area contributed by atoms with Gasteiger partial charge in [0, 0.05) is 13.8 Å². The summed E-state index contributed by atoms with van der Waals surface area (Å²) in [6.45, 7) is 0.439. The summed E-state index contributed by atoms with van der Waals surface area (Å²) in [5.74, 6) is -8.99. The molecule has 0 aromatic carbocycles. The van der Waals surface area contributed by atoms with Gasteiger partial charge in [0.05, 0.1) is 13.0 Å². The second-order valence-electron chi connectivity index (χ2n) is 2.68. The molecule has 0 bridgehead atoms. The second kappa shape index (κ2) is 3.93. The summed E-state index contributed by atoms with van der Waals surface area (Å²) in [7, 11) is 0. The van der Waals surface area contributed by atoms with Crippen LogP contribution in [0.3, 0.4) is 0 Å². The first-order chi connectivity index (χ1) is 5.67. The third kappa shape index (κ3) is 4.10. The number of halogens is 4. The van der Waals surface area contributed by atoms with Crippen molar-refractivity contribution in [1.82, 2.24) is 0 Å². The van der Waals surface area contributed by atoms with Crippen molar-refractivity contribution in [3.8, 4) is 0 Å². The summed E-state index contributed by atoms with van der Waals surface area (Å²) in [5, 5.41) is 0. The molecule has 0 saturated heterocycles. The maximum absolute atomic E-state index is 12.4. The first-order valence-electron chi connectivity index (χ1n) is 3.56. The number of rotatable bonds is 4. The Hall–Kier alpha value is -0.810. The normalized spacial score (nSPS) is 12.8. The Bertz CT molecular complexity index is 185. The fourth-order valence-electron chi connectivity index (χ4n) is 0.542. The van der Waals surface area contributed by atoms with E-state index in [0.717, 1.165) is 6.92 Å². The molecule has 0 unspecified atom stereocenters. The third-order valence-corrected chi connectivity index (χ3v) is 1.36. The molecule has 0 aliphatic carbocycles. The van der Waals surface area contributed by atoms with E-state index in [4.69, 9.17) is 0 Å². The average Bonchev–Trinajstić information content (AvgIpc) is 1.82. The molecule has 0 amide bonds. The van der Waals surface area contributed by atoms with Crippen LogP contribution in [0.5, 0.6) is 0 Å². The highest BCUT2D eigenvalue weighted by Gasteiger charge is 2.51. The van der Waals surface area contributed by atoms with E-state index < -0.39 is 30.8 Å². The number of carbonyl (C=O) groups excluding carboxylic acids is 1. The Morgan fingerprint density at radius 2 is 1.77 bits per heavy atom. The molecular weight excluding hydrogens is 192 g/mol. The lowest BCUT2D eigenvalue weighted by molar-refractivity contribution is -0.206. The van der Waals surface area contributed by atoms with Crippen LogP contribution in [-0.2, 0) is 9.53 Å². The predicted octanol–water partition coefficient (Wildman–Crippen LogP) is 2.23. The van der Waals surface area contributed by atoms with Crippen LogP contribution in [0, 0.1) is 0 Å². The standard InChI is InChI=1S/C7H10F4O2/c1-5(12)13-4-3-7(10,11)6(2,8)9/h3-4H2,1-2H3. The molecule has 0 aromatic heterocycles. The van der Waals surface area contributed by atoms with Crippen LogP contribution in [0.15, 0.2) is 0 Å². The highest BCUT2D eigenvalue weighted by atomic mass is 19.3. The molecule has 0 rings (SSSR count). The van der Waals surface area contributed by atoms with Gasteiger partial charge in [0.15, 0.2) is 0 Å². The zero-order valence-electron chi connectivity index (χ0n) is 7.24. The van der Waals surface area contributed by atoms with Crippen molar-refractivity contribution < 1.29 is 27.1 Å². The summed E-state index contributed by atoms with van der Waals surface area (Å²) in [6.07, 6.45) is -1.17. The van der Waals surface area contributed by atoms with Crippen molar-refractivity contribution in [3.05, 3.63) is 0 Å². The van der Waals surface area contributed by atoms with Crippen LogP contribution in [0.2, 0.25) is 0 Å². The van der Waals surface area contributed by atoms with Gasteiger partial charge in [0.25, 0.3) is 0 Å². The third-order valence-electron chi connectivity index (χ3n) is 1.36. The average molecular weight is 202 g/mol. The number of hydrogen-bond acceptors (Lipinski definition) is 2. The van der Waals surface area contributed by atoms with Crippen molar-refractivity contribution in [1.29, 1.82) is 0 Å². The Morgan fingerprint density at radius 3 is 2.08 bits per heavy atom. The molecule has 0 fully saturated rings. The molecule has 0 spiro atoms. The monoisotopic (exact) mass is 202 g/mol. The quantitative estimate of drug-likeness (QED) is 0.516. The Morgan fingerprint density at radius 1 is 1.31 bits per heavy atom. The van der Waals surface area contributed by atoms with Gasteiger partial charge in [-0.1, -0.05) is 0 Å². The zero-order valence-corrected chi connectivity index (χ0v) is 7.24. The maximum atomic E-state index is 12.4. The lowest BCUT2D eigenvalue weighted by Gasteiger charge is -2.22. The van der Waals surface area contributed by atoms with Gasteiger partial charge in [-0.05, 0) is 0 Å². The molecule has 0 heterocycles. The van der Waals surface area contributed by atoms with Gasteiger partial charge < -0.3 is 4.74 Å². The fraction of sp³-hybridized carbons (Fsp3) is 0.857. The maximum Gasteiger partial charge on any atom is 0.313 e. The van der Waals surface area contributed by atoms with E-state index in [1.165, 1.54) is 0 Å². The molecule has 0 aliphatic rings. The van der Waals surface area contributed by atoms with E-state index in [1.807, 2.05) is 0 Å². The number of hydrogen-bond donors (Lipinski definition) is 0. The zero-order chi connectivity index (χ0) is 10.7. The minimum atomic E-state index is -4.14. The molecular formula is C7H10F4O2. The number of esters is 1. The summed E-state index contributed by atoms with van der Waals surface area (Å²) >= 11 is 0. The van der Waals surface area contributed by atoms with E-state index in [9.17, 15) is 22.4 Å². The van der Waals surface area contributed by atoms with E-state index >= 15 is 0 Å². The lowest BCUT2D eigenvalue weighted by Crippen LogP contribution is -2.38. The van der Waals surface area contributed by atoms with Crippen LogP contribution < -0.4 is 0 Å². The first-order valence-corrected chi connectivity index (χ1v) is 3.56. The van der Waals surface area contributed by atoms with Crippen LogP contribution in [0.4, 0.5) is 17.6 Å². The van der Waals surface area contributed by atoms with Crippen molar-refractivity contribution in [2.24, 2.45) is 0 Å². The van der Waals surface area contributed by atoms with Gasteiger partial charge in [-0.25, -0.2) is 8.78 Å². The molecule has 0 aliphatic heterocycles. The smallest absolute Gasteiger partial charge is 0.313 e. The SMILES string of the molecule is CC(=O)OCCC(F)(F)C(C)(F)F. The molecule has 13 heavy (non-hydrogen) atoms. The van der Waals surface area contributed by atoms with Gasteiger partial charge in [-0.3, -0.25) is 4.79 Å². The van der Waals surface area contributed by atoms with Gasteiger partial charge >= 0.3 is 17.8 Å². The predicted molar refractivity (Wildman–Crippen MR) is 36.8 cm³/mol. The largest absolute Gasteiger partial charge is 0.466 e. The van der Waals surface area contributed by atoms with Crippen molar-refractivity contribution in [2.45, 2.75) is 32.1 Å². The lowest BCUT2D eigenvalue weighted by atomic mass is 10.1. The van der Waals surface area contributed by atoms with Crippen molar-refractivity contribution in [3.63, 3.8) is 0 Å². The Balaban J connectivity index is 3.97. The number of carbonyl (C=O) groups is 1. The van der Waals surface area contributed by atoms with Crippen LogP contribution in [-0.4, -0.2) is 24.4 Å². The van der Waals surface area contributed by atoms with E-state index in [-0.39, 0.29) is 6.92 Å². The van der Waals surface area contributed by atoms with Crippen molar-refractivity contribution in [2.75, 3.05) is 6.61 Å². The number of alkyl halides is 4. The Labute approximate surface area is 72.9 Å². The minimum Gasteiger partial charge on any atom is -0.466 e. The second-order valence-corrected chi connectivity index (χ2v) is 2.68. The van der Waals surface area contributed by atoms with Crippen LogP contribution >= 0.6 is 0 Å². The number of ether oxygens (including phenoxy) is 1. The summed E-state index contributed by atoms with van der Waals surface area (Å²) in [6, 6.07) is 0. The molecule has 78 valence electrons. The Kier molecular flexibility index (Phi) is 3.69. The van der Waals surface area contributed by atoms with E-state index in [0.29, 0.717) is 0 Å². The van der Waals surface area contributed by atoms with E-state index in [2.05, 4.69) is 4.74 Å². The molecule has 6 heteroatoms. The fourth-order valence-corrected chi connectivity index (χ4v) is 0.542. The summed E-state index contributed by atoms with van der Waals surface area (Å²) in [4.78, 5) is 10.1.